The van der Waals surface area contributed by atoms with Crippen molar-refractivity contribution in [3.05, 3.63) is 53.9 Å². The summed E-state index contributed by atoms with van der Waals surface area (Å²) in [6, 6.07) is 10.5. The number of likely N-dealkylation sites (tertiary alicyclic amines) is 1. The first-order valence-corrected chi connectivity index (χ1v) is 9.00. The minimum Gasteiger partial charge on any atom is -0.473 e. The van der Waals surface area contributed by atoms with Gasteiger partial charge in [-0.05, 0) is 61.2 Å². The molecule has 2 aliphatic rings. The molecule has 1 aromatic heterocycles. The largest absolute Gasteiger partial charge is 0.473 e. The smallest absolute Gasteiger partial charge is 0.414 e. The van der Waals surface area contributed by atoms with Crippen LogP contribution in [0.2, 0.25) is 0 Å². The summed E-state index contributed by atoms with van der Waals surface area (Å²) in [5.74, 6) is -1.25. The summed E-state index contributed by atoms with van der Waals surface area (Å²) >= 11 is 0. The normalized spacial score (nSPS) is 16.1. The third-order valence-corrected chi connectivity index (χ3v) is 4.77. The van der Waals surface area contributed by atoms with Crippen LogP contribution in [0.5, 0.6) is 11.5 Å². The van der Waals surface area contributed by atoms with Crippen molar-refractivity contribution in [2.24, 2.45) is 0 Å². The van der Waals surface area contributed by atoms with E-state index in [1.165, 1.54) is 24.0 Å². The van der Waals surface area contributed by atoms with Crippen LogP contribution >= 0.6 is 0 Å². The summed E-state index contributed by atoms with van der Waals surface area (Å²) in [6.07, 6.45) is 6.18. The zero-order valence-electron chi connectivity index (χ0n) is 15.3. The van der Waals surface area contributed by atoms with Crippen molar-refractivity contribution in [1.82, 2.24) is 9.88 Å². The molecule has 2 N–H and O–H groups in total. The van der Waals surface area contributed by atoms with Gasteiger partial charge in [-0.2, -0.15) is 0 Å². The number of hydrogen-bond acceptors (Lipinski definition) is 6. The fourth-order valence-corrected chi connectivity index (χ4v) is 3.34. The van der Waals surface area contributed by atoms with Gasteiger partial charge in [0.1, 0.15) is 0 Å². The number of carbonyl (C=O) groups is 2. The number of rotatable bonds is 3. The molecule has 2 aromatic rings. The van der Waals surface area contributed by atoms with E-state index in [4.69, 9.17) is 29.3 Å². The van der Waals surface area contributed by atoms with Gasteiger partial charge in [-0.25, -0.2) is 9.59 Å². The van der Waals surface area contributed by atoms with Crippen molar-refractivity contribution in [2.75, 3.05) is 19.9 Å². The second-order valence-corrected chi connectivity index (χ2v) is 6.63. The standard InChI is InChI=1S/C18H20N2O2.C2H2O4/c1-2-14(11-19-7-1)12-20-8-5-15(6-9-20)16-3-4-17-18(10-16)22-13-21-17;3-1(4)2(5)6/h1-4,7,10-11,15H,5-6,8-9,12-13H2;(H,3,4)(H,5,6). The molecule has 0 atom stereocenters. The van der Waals surface area contributed by atoms with Gasteiger partial charge in [0.15, 0.2) is 11.5 Å². The van der Waals surface area contributed by atoms with Crippen LogP contribution in [0.15, 0.2) is 42.7 Å². The number of carboxylic acid groups (broad SMARTS) is 2. The van der Waals surface area contributed by atoms with Crippen LogP contribution in [0.1, 0.15) is 29.9 Å². The number of aromatic nitrogens is 1. The lowest BCUT2D eigenvalue weighted by Crippen LogP contribution is -2.32. The molecular formula is C20H22N2O6. The van der Waals surface area contributed by atoms with Gasteiger partial charge in [-0.3, -0.25) is 9.88 Å². The van der Waals surface area contributed by atoms with Gasteiger partial charge in [-0.15, -0.1) is 0 Å². The molecule has 0 bridgehead atoms. The summed E-state index contributed by atoms with van der Waals surface area (Å²) in [4.78, 5) is 24.9. The monoisotopic (exact) mass is 386 g/mol. The maximum Gasteiger partial charge on any atom is 0.414 e. The molecule has 3 heterocycles. The zero-order valence-corrected chi connectivity index (χ0v) is 15.3. The van der Waals surface area contributed by atoms with Gasteiger partial charge < -0.3 is 19.7 Å². The van der Waals surface area contributed by atoms with Crippen LogP contribution in [0, 0.1) is 0 Å². The summed E-state index contributed by atoms with van der Waals surface area (Å²) in [7, 11) is 0. The minimum atomic E-state index is -1.82. The average Bonchev–Trinajstić information content (AvgIpc) is 3.17. The first-order valence-electron chi connectivity index (χ1n) is 9.00. The summed E-state index contributed by atoms with van der Waals surface area (Å²) < 4.78 is 10.9. The zero-order chi connectivity index (χ0) is 19.9. The van der Waals surface area contributed by atoms with E-state index < -0.39 is 11.9 Å². The van der Waals surface area contributed by atoms with Crippen molar-refractivity contribution >= 4 is 11.9 Å². The lowest BCUT2D eigenvalue weighted by Gasteiger charge is -2.32. The van der Waals surface area contributed by atoms with E-state index in [1.807, 2.05) is 24.5 Å². The maximum atomic E-state index is 9.10. The molecule has 0 aliphatic carbocycles. The van der Waals surface area contributed by atoms with Crippen molar-refractivity contribution in [3.63, 3.8) is 0 Å². The lowest BCUT2D eigenvalue weighted by atomic mass is 9.89. The maximum absolute atomic E-state index is 9.10. The number of ether oxygens (including phenoxy) is 2. The molecule has 0 unspecified atom stereocenters. The van der Waals surface area contributed by atoms with E-state index in [2.05, 4.69) is 28.1 Å². The molecule has 0 amide bonds. The number of aliphatic carboxylic acids is 2. The Morgan fingerprint density at radius 3 is 2.43 bits per heavy atom. The third-order valence-electron chi connectivity index (χ3n) is 4.77. The van der Waals surface area contributed by atoms with Gasteiger partial charge >= 0.3 is 11.9 Å². The number of fused-ring (bicyclic) bond motifs is 1. The number of hydrogen-bond donors (Lipinski definition) is 2. The summed E-state index contributed by atoms with van der Waals surface area (Å²) in [6.45, 7) is 3.62. The van der Waals surface area contributed by atoms with E-state index in [-0.39, 0.29) is 0 Å². The van der Waals surface area contributed by atoms with Crippen molar-refractivity contribution in [3.8, 4) is 11.5 Å². The Morgan fingerprint density at radius 1 is 1.07 bits per heavy atom. The predicted molar refractivity (Wildman–Crippen MR) is 99.3 cm³/mol. The molecule has 4 rings (SSSR count). The number of carboxylic acids is 2. The average molecular weight is 386 g/mol. The first-order chi connectivity index (χ1) is 13.5. The van der Waals surface area contributed by atoms with Gasteiger partial charge in [-0.1, -0.05) is 12.1 Å². The van der Waals surface area contributed by atoms with Crippen LogP contribution in [-0.2, 0) is 16.1 Å². The summed E-state index contributed by atoms with van der Waals surface area (Å²) in [5, 5.41) is 14.8. The van der Waals surface area contributed by atoms with Crippen LogP contribution < -0.4 is 9.47 Å². The molecule has 2 aliphatic heterocycles. The highest BCUT2D eigenvalue weighted by atomic mass is 16.7. The second kappa shape index (κ2) is 9.18. The van der Waals surface area contributed by atoms with Crippen LogP contribution in [-0.4, -0.2) is 51.9 Å². The van der Waals surface area contributed by atoms with E-state index in [0.717, 1.165) is 31.1 Å². The fraction of sp³-hybridized carbons (Fsp3) is 0.350. The highest BCUT2D eigenvalue weighted by Crippen LogP contribution is 2.37. The molecule has 1 aromatic carbocycles. The third kappa shape index (κ3) is 5.20. The molecular weight excluding hydrogens is 364 g/mol. The number of nitrogens with zero attached hydrogens (tertiary/aromatic N) is 2. The molecule has 0 radical (unpaired) electrons. The van der Waals surface area contributed by atoms with Crippen LogP contribution in [0.4, 0.5) is 0 Å². The van der Waals surface area contributed by atoms with Gasteiger partial charge in [0.25, 0.3) is 0 Å². The Kier molecular flexibility index (Phi) is 6.44. The molecule has 1 fully saturated rings. The Balaban J connectivity index is 0.000000330. The van der Waals surface area contributed by atoms with E-state index >= 15 is 0 Å². The Hall–Kier alpha value is -3.13. The molecule has 1 saturated heterocycles. The van der Waals surface area contributed by atoms with Crippen LogP contribution in [0.3, 0.4) is 0 Å². The minimum absolute atomic E-state index is 0.350. The van der Waals surface area contributed by atoms with Gasteiger partial charge in [0, 0.05) is 18.9 Å². The Morgan fingerprint density at radius 2 is 1.79 bits per heavy atom. The molecule has 28 heavy (non-hydrogen) atoms. The van der Waals surface area contributed by atoms with Crippen molar-refractivity contribution in [1.29, 1.82) is 0 Å². The Bertz CT molecular complexity index is 807. The SMILES string of the molecule is O=C(O)C(=O)O.c1cncc(CN2CCC(c3ccc4c(c3)OCO4)CC2)c1. The van der Waals surface area contributed by atoms with E-state index in [9.17, 15) is 0 Å². The molecule has 0 spiro atoms. The highest BCUT2D eigenvalue weighted by Gasteiger charge is 2.23. The van der Waals surface area contributed by atoms with Gasteiger partial charge in [0.05, 0.1) is 0 Å². The second-order valence-electron chi connectivity index (χ2n) is 6.63. The van der Waals surface area contributed by atoms with Gasteiger partial charge in [0.2, 0.25) is 6.79 Å². The van der Waals surface area contributed by atoms with Crippen molar-refractivity contribution in [2.45, 2.75) is 25.3 Å². The van der Waals surface area contributed by atoms with E-state index in [0.29, 0.717) is 12.7 Å². The quantitative estimate of drug-likeness (QED) is 0.774. The fourth-order valence-electron chi connectivity index (χ4n) is 3.34. The van der Waals surface area contributed by atoms with Crippen LogP contribution in [0.25, 0.3) is 0 Å². The predicted octanol–water partition coefficient (Wildman–Crippen LogP) is 2.35. The lowest BCUT2D eigenvalue weighted by molar-refractivity contribution is -0.159. The topological polar surface area (TPSA) is 109 Å². The molecule has 148 valence electrons. The Labute approximate surface area is 162 Å². The highest BCUT2D eigenvalue weighted by molar-refractivity contribution is 6.27. The number of pyridine rings is 1. The number of benzene rings is 1. The number of piperidine rings is 1. The molecule has 8 heteroatoms. The van der Waals surface area contributed by atoms with E-state index in [1.54, 1.807) is 0 Å². The molecule has 8 nitrogen and oxygen atoms in total. The first kappa shape index (κ1) is 19.6. The summed E-state index contributed by atoms with van der Waals surface area (Å²) in [5.41, 5.74) is 2.68. The van der Waals surface area contributed by atoms with Crippen molar-refractivity contribution < 1.29 is 29.3 Å². The molecule has 0 saturated carbocycles.